The molecule has 0 aliphatic heterocycles. The van der Waals surface area contributed by atoms with Crippen LogP contribution in [0.1, 0.15) is 51.7 Å². The van der Waals surface area contributed by atoms with Crippen LogP contribution < -0.4 is 10.6 Å². The summed E-state index contributed by atoms with van der Waals surface area (Å²) in [6.45, 7) is 9.96. The van der Waals surface area contributed by atoms with Crippen LogP contribution in [0.5, 0.6) is 0 Å². The third kappa shape index (κ3) is 7.25. The number of urea groups is 1. The molecule has 0 fully saturated rings. The van der Waals surface area contributed by atoms with Gasteiger partial charge < -0.3 is 15.7 Å². The fraction of sp³-hybridized carbons (Fsp3) is 0.556. The number of benzene rings is 1. The van der Waals surface area contributed by atoms with E-state index in [-0.39, 0.29) is 12.5 Å². The maximum Gasteiger partial charge on any atom is 0.319 e. The van der Waals surface area contributed by atoms with Gasteiger partial charge in [-0.2, -0.15) is 11.8 Å². The molecule has 0 radical (unpaired) electrons. The second-order valence-electron chi connectivity index (χ2n) is 6.81. The Labute approximate surface area is 148 Å². The lowest BCUT2D eigenvalue weighted by Gasteiger charge is -2.26. The summed E-state index contributed by atoms with van der Waals surface area (Å²) in [6.07, 6.45) is 0.397. The maximum atomic E-state index is 12.2. The predicted octanol–water partition coefficient (Wildman–Crippen LogP) is 4.40. The van der Waals surface area contributed by atoms with Gasteiger partial charge in [-0.25, -0.2) is 4.79 Å². The lowest BCUT2D eigenvalue weighted by Crippen LogP contribution is -2.45. The minimum atomic E-state index is -0.864. The van der Waals surface area contributed by atoms with Crippen molar-refractivity contribution in [2.75, 3.05) is 5.32 Å². The van der Waals surface area contributed by atoms with Crippen LogP contribution >= 0.6 is 11.8 Å². The van der Waals surface area contributed by atoms with Crippen molar-refractivity contribution in [1.82, 2.24) is 5.32 Å². The van der Waals surface area contributed by atoms with Crippen LogP contribution in [0, 0.1) is 6.92 Å². The number of nitrogens with one attached hydrogen (secondary N) is 2. The third-order valence-corrected chi connectivity index (χ3v) is 4.83. The van der Waals surface area contributed by atoms with Crippen LogP contribution in [0.2, 0.25) is 0 Å². The van der Waals surface area contributed by atoms with Gasteiger partial charge in [-0.1, -0.05) is 26.0 Å². The van der Waals surface area contributed by atoms with Gasteiger partial charge in [0.1, 0.15) is 0 Å². The van der Waals surface area contributed by atoms with Crippen LogP contribution in [-0.4, -0.2) is 27.9 Å². The van der Waals surface area contributed by atoms with E-state index in [1.165, 1.54) is 5.56 Å². The molecule has 0 unspecified atom stereocenters. The second-order valence-corrected chi connectivity index (χ2v) is 8.37. The molecule has 3 N–H and O–H groups in total. The number of thioether (sulfide) groups is 1. The number of carboxylic acid groups (broad SMARTS) is 1. The van der Waals surface area contributed by atoms with Gasteiger partial charge in [-0.3, -0.25) is 4.79 Å². The predicted molar refractivity (Wildman–Crippen MR) is 101 cm³/mol. The molecule has 0 saturated carbocycles. The molecule has 0 aliphatic carbocycles. The van der Waals surface area contributed by atoms with Crippen molar-refractivity contribution in [3.8, 4) is 0 Å². The molecule has 0 spiro atoms. The molecule has 0 bridgehead atoms. The quantitative estimate of drug-likeness (QED) is 0.648. The lowest BCUT2D eigenvalue weighted by molar-refractivity contribution is -0.137. The molecule has 0 aromatic heterocycles. The van der Waals surface area contributed by atoms with Crippen LogP contribution in [0.25, 0.3) is 0 Å². The summed E-state index contributed by atoms with van der Waals surface area (Å²) in [5.74, 6) is 0.0431. The van der Waals surface area contributed by atoms with Gasteiger partial charge >= 0.3 is 12.0 Å². The van der Waals surface area contributed by atoms with Gasteiger partial charge in [-0.05, 0) is 49.6 Å². The molecule has 0 atom stereocenters. The average Bonchev–Trinajstić information content (AvgIpc) is 2.45. The summed E-state index contributed by atoms with van der Waals surface area (Å²) in [7, 11) is 0. The summed E-state index contributed by atoms with van der Waals surface area (Å²) in [5, 5.41) is 15.0. The maximum absolute atomic E-state index is 12.2. The molecule has 24 heavy (non-hydrogen) atoms. The average molecular weight is 353 g/mol. The van der Waals surface area contributed by atoms with E-state index in [0.717, 1.165) is 17.0 Å². The molecule has 1 rings (SSSR count). The number of carbonyl (C=O) groups excluding carboxylic acids is 1. The lowest BCUT2D eigenvalue weighted by atomic mass is 9.99. The summed E-state index contributed by atoms with van der Waals surface area (Å²) in [6, 6.07) is 5.57. The van der Waals surface area contributed by atoms with Crippen molar-refractivity contribution in [3.05, 3.63) is 29.3 Å². The van der Waals surface area contributed by atoms with Crippen molar-refractivity contribution >= 4 is 29.4 Å². The molecule has 0 saturated heterocycles. The van der Waals surface area contributed by atoms with E-state index in [2.05, 4.69) is 30.5 Å². The first-order chi connectivity index (χ1) is 11.1. The highest BCUT2D eigenvalue weighted by Gasteiger charge is 2.21. The Bertz CT molecular complexity index is 586. The third-order valence-electron chi connectivity index (χ3n) is 3.68. The smallest absolute Gasteiger partial charge is 0.319 e. The minimum absolute atomic E-state index is 0.0220. The second kappa shape index (κ2) is 8.97. The highest BCUT2D eigenvalue weighted by atomic mass is 32.2. The van der Waals surface area contributed by atoms with Crippen molar-refractivity contribution in [2.45, 2.75) is 64.0 Å². The highest BCUT2D eigenvalue weighted by molar-refractivity contribution is 7.99. The summed E-state index contributed by atoms with van der Waals surface area (Å²) >= 11 is 1.86. The fourth-order valence-electron chi connectivity index (χ4n) is 2.17. The molecule has 2 amide bonds. The van der Waals surface area contributed by atoms with E-state index >= 15 is 0 Å². The first-order valence-electron chi connectivity index (χ1n) is 8.12. The summed E-state index contributed by atoms with van der Waals surface area (Å²) < 4.78 is 0. The van der Waals surface area contributed by atoms with E-state index < -0.39 is 11.5 Å². The molecular formula is C18H28N2O3S. The van der Waals surface area contributed by atoms with Crippen LogP contribution in [-0.2, 0) is 10.5 Å². The zero-order chi connectivity index (χ0) is 18.3. The molecule has 0 heterocycles. The van der Waals surface area contributed by atoms with Crippen molar-refractivity contribution < 1.29 is 14.7 Å². The Morgan fingerprint density at radius 1 is 1.29 bits per heavy atom. The zero-order valence-electron chi connectivity index (χ0n) is 15.1. The number of carbonyl (C=O) groups is 2. The van der Waals surface area contributed by atoms with Crippen LogP contribution in [0.15, 0.2) is 18.2 Å². The fourth-order valence-corrected chi connectivity index (χ4v) is 3.00. The number of rotatable bonds is 8. The SMILES string of the molecule is Cc1c(CSC(C)C)cccc1NC(=O)NC(C)(C)CCC(=O)O. The molecule has 0 aliphatic rings. The van der Waals surface area contributed by atoms with Crippen molar-refractivity contribution in [2.24, 2.45) is 0 Å². The van der Waals surface area contributed by atoms with E-state index in [1.54, 1.807) is 0 Å². The summed E-state index contributed by atoms with van der Waals surface area (Å²) in [5.41, 5.74) is 2.46. The minimum Gasteiger partial charge on any atom is -0.481 e. The zero-order valence-corrected chi connectivity index (χ0v) is 15.9. The molecule has 1 aromatic carbocycles. The Morgan fingerprint density at radius 2 is 1.96 bits per heavy atom. The molecule has 1 aromatic rings. The number of carboxylic acids is 1. The highest BCUT2D eigenvalue weighted by Crippen LogP contribution is 2.25. The number of hydrogen-bond acceptors (Lipinski definition) is 3. The Morgan fingerprint density at radius 3 is 2.54 bits per heavy atom. The Balaban J connectivity index is 2.69. The number of aliphatic carboxylic acids is 1. The molecule has 6 heteroatoms. The first kappa shape index (κ1) is 20.4. The largest absolute Gasteiger partial charge is 0.481 e. The topological polar surface area (TPSA) is 78.4 Å². The standard InChI is InChI=1S/C18H28N2O3S/c1-12(2)24-11-14-7-6-8-15(13(14)3)19-17(23)20-18(4,5)10-9-16(21)22/h6-8,12H,9-11H2,1-5H3,(H,21,22)(H2,19,20,23). The van der Waals surface area contributed by atoms with Gasteiger partial charge in [0, 0.05) is 23.4 Å². The number of amides is 2. The van der Waals surface area contributed by atoms with Crippen LogP contribution in [0.3, 0.4) is 0 Å². The van der Waals surface area contributed by atoms with Gasteiger partial charge in [0.25, 0.3) is 0 Å². The Kier molecular flexibility index (Phi) is 7.60. The van der Waals surface area contributed by atoms with Crippen LogP contribution in [0.4, 0.5) is 10.5 Å². The van der Waals surface area contributed by atoms with Gasteiger partial charge in [0.2, 0.25) is 0 Å². The number of hydrogen-bond donors (Lipinski definition) is 3. The Hall–Kier alpha value is -1.69. The van der Waals surface area contributed by atoms with Gasteiger partial charge in [0.05, 0.1) is 0 Å². The first-order valence-corrected chi connectivity index (χ1v) is 9.16. The van der Waals surface area contributed by atoms with Crippen molar-refractivity contribution in [1.29, 1.82) is 0 Å². The van der Waals surface area contributed by atoms with E-state index in [0.29, 0.717) is 11.7 Å². The monoisotopic (exact) mass is 352 g/mol. The van der Waals surface area contributed by atoms with E-state index in [9.17, 15) is 9.59 Å². The van der Waals surface area contributed by atoms with Crippen molar-refractivity contribution in [3.63, 3.8) is 0 Å². The van der Waals surface area contributed by atoms with Gasteiger partial charge in [-0.15, -0.1) is 0 Å². The molecular weight excluding hydrogens is 324 g/mol. The van der Waals surface area contributed by atoms with Gasteiger partial charge in [0.15, 0.2) is 0 Å². The normalized spacial score (nSPS) is 11.4. The number of anilines is 1. The van der Waals surface area contributed by atoms with E-state index in [4.69, 9.17) is 5.11 Å². The summed E-state index contributed by atoms with van der Waals surface area (Å²) in [4.78, 5) is 22.9. The van der Waals surface area contributed by atoms with E-state index in [1.807, 2.05) is 44.7 Å². The molecule has 134 valence electrons. The molecule has 5 nitrogen and oxygen atoms in total.